The quantitative estimate of drug-likeness (QED) is 0.801. The molecule has 2 heterocycles. The molecule has 0 radical (unpaired) electrons. The first-order valence-electron chi connectivity index (χ1n) is 7.73. The molecule has 6 nitrogen and oxygen atoms in total. The number of ether oxygens (including phenoxy) is 1. The summed E-state index contributed by atoms with van der Waals surface area (Å²) in [5, 5.41) is 2.81. The van der Waals surface area contributed by atoms with Crippen LogP contribution < -0.4 is 5.32 Å². The van der Waals surface area contributed by atoms with Gasteiger partial charge in [0.2, 0.25) is 11.8 Å². The van der Waals surface area contributed by atoms with E-state index in [0.717, 1.165) is 19.6 Å². The second-order valence-corrected chi connectivity index (χ2v) is 6.97. The molecule has 0 aromatic rings. The van der Waals surface area contributed by atoms with Gasteiger partial charge in [-0.2, -0.15) is 0 Å². The molecule has 0 spiro atoms. The number of carbonyl (C=O) groups excluding carboxylic acids is 2. The van der Waals surface area contributed by atoms with E-state index in [0.29, 0.717) is 13.2 Å². The number of likely N-dealkylation sites (N-methyl/N-ethyl adjacent to an activating group) is 1. The lowest BCUT2D eigenvalue weighted by Gasteiger charge is -2.41. The Balaban J connectivity index is 2.01. The normalized spacial score (nSPS) is 28.7. The Hall–Kier alpha value is -1.14. The topological polar surface area (TPSA) is 61.9 Å². The summed E-state index contributed by atoms with van der Waals surface area (Å²) in [5.74, 6) is -0.0861. The molecule has 2 amide bonds. The highest BCUT2D eigenvalue weighted by Crippen LogP contribution is 2.23. The lowest BCUT2D eigenvalue weighted by molar-refractivity contribution is -0.150. The van der Waals surface area contributed by atoms with E-state index in [-0.39, 0.29) is 29.9 Å². The van der Waals surface area contributed by atoms with Crippen LogP contribution >= 0.6 is 0 Å². The van der Waals surface area contributed by atoms with Gasteiger partial charge in [0, 0.05) is 19.6 Å². The highest BCUT2D eigenvalue weighted by Gasteiger charge is 2.40. The molecule has 0 saturated carbocycles. The minimum Gasteiger partial charge on any atom is -0.374 e. The van der Waals surface area contributed by atoms with Gasteiger partial charge in [-0.1, -0.05) is 27.7 Å². The Morgan fingerprint density at radius 1 is 1.33 bits per heavy atom. The Kier molecular flexibility index (Phi) is 4.88. The van der Waals surface area contributed by atoms with Crippen LogP contribution in [0.5, 0.6) is 0 Å². The summed E-state index contributed by atoms with van der Waals surface area (Å²) < 4.78 is 5.75. The van der Waals surface area contributed by atoms with Crippen LogP contribution in [-0.4, -0.2) is 73.1 Å². The lowest BCUT2D eigenvalue weighted by Crippen LogP contribution is -2.63. The first-order chi connectivity index (χ1) is 9.81. The van der Waals surface area contributed by atoms with Gasteiger partial charge in [-0.25, -0.2) is 0 Å². The van der Waals surface area contributed by atoms with Gasteiger partial charge < -0.3 is 15.0 Å². The summed E-state index contributed by atoms with van der Waals surface area (Å²) in [5.41, 5.74) is -0.283. The van der Waals surface area contributed by atoms with Crippen LogP contribution in [0.2, 0.25) is 0 Å². The molecule has 6 heteroatoms. The van der Waals surface area contributed by atoms with Gasteiger partial charge in [-0.3, -0.25) is 14.5 Å². The predicted molar refractivity (Wildman–Crippen MR) is 79.8 cm³/mol. The first-order valence-corrected chi connectivity index (χ1v) is 7.73. The molecular formula is C15H27N3O3. The van der Waals surface area contributed by atoms with Crippen molar-refractivity contribution in [2.24, 2.45) is 5.41 Å². The first kappa shape index (κ1) is 16.2. The maximum absolute atomic E-state index is 12.6. The molecule has 2 rings (SSSR count). The predicted octanol–water partition coefficient (Wildman–Crippen LogP) is 0.0802. The third kappa shape index (κ3) is 3.95. The van der Waals surface area contributed by atoms with E-state index in [1.807, 2.05) is 20.8 Å². The van der Waals surface area contributed by atoms with Crippen molar-refractivity contribution in [1.29, 1.82) is 0 Å². The van der Waals surface area contributed by atoms with E-state index < -0.39 is 6.04 Å². The van der Waals surface area contributed by atoms with Crippen LogP contribution in [-0.2, 0) is 14.3 Å². The molecule has 2 fully saturated rings. The molecule has 2 saturated heterocycles. The fraction of sp³-hybridized carbons (Fsp3) is 0.867. The van der Waals surface area contributed by atoms with Crippen molar-refractivity contribution in [2.45, 2.75) is 39.8 Å². The monoisotopic (exact) mass is 297 g/mol. The third-order valence-corrected chi connectivity index (χ3v) is 4.16. The average Bonchev–Trinajstić information content (AvgIpc) is 2.41. The van der Waals surface area contributed by atoms with Crippen molar-refractivity contribution in [1.82, 2.24) is 15.1 Å². The fourth-order valence-electron chi connectivity index (χ4n) is 2.87. The number of amides is 2. The molecule has 0 aromatic carbocycles. The Labute approximate surface area is 126 Å². The zero-order valence-corrected chi connectivity index (χ0v) is 13.5. The number of hydrogen-bond acceptors (Lipinski definition) is 4. The zero-order valence-electron chi connectivity index (χ0n) is 13.5. The SMILES string of the molecule is CCN1CCOC(CN2CC(=O)NC(C(C)(C)C)C2=O)C1. The Morgan fingerprint density at radius 2 is 2.05 bits per heavy atom. The Morgan fingerprint density at radius 3 is 2.67 bits per heavy atom. The summed E-state index contributed by atoms with van der Waals surface area (Å²) in [6, 6.07) is -0.454. The van der Waals surface area contributed by atoms with Gasteiger partial charge >= 0.3 is 0 Å². The van der Waals surface area contributed by atoms with Crippen molar-refractivity contribution in [3.05, 3.63) is 0 Å². The second-order valence-electron chi connectivity index (χ2n) is 6.97. The van der Waals surface area contributed by atoms with Crippen molar-refractivity contribution >= 4 is 11.8 Å². The number of carbonyl (C=O) groups is 2. The minimum absolute atomic E-state index is 0.000628. The summed E-state index contributed by atoms with van der Waals surface area (Å²) >= 11 is 0. The van der Waals surface area contributed by atoms with Crippen LogP contribution in [0.25, 0.3) is 0 Å². The van der Waals surface area contributed by atoms with Gasteiger partial charge in [0.25, 0.3) is 0 Å². The van der Waals surface area contributed by atoms with E-state index in [4.69, 9.17) is 4.74 Å². The van der Waals surface area contributed by atoms with Crippen molar-refractivity contribution in [2.75, 3.05) is 39.3 Å². The maximum Gasteiger partial charge on any atom is 0.246 e. The molecule has 0 bridgehead atoms. The van der Waals surface area contributed by atoms with Crippen LogP contribution in [0.4, 0.5) is 0 Å². The largest absolute Gasteiger partial charge is 0.374 e. The van der Waals surface area contributed by atoms with Gasteiger partial charge in [0.05, 0.1) is 19.3 Å². The number of nitrogens with one attached hydrogen (secondary N) is 1. The fourth-order valence-corrected chi connectivity index (χ4v) is 2.87. The molecule has 2 aliphatic rings. The standard InChI is InChI=1S/C15H27N3O3/c1-5-17-6-7-21-11(8-17)9-18-10-12(19)16-13(14(18)20)15(2,3)4/h11,13H,5-10H2,1-4H3,(H,16,19). The molecule has 2 atom stereocenters. The highest BCUT2D eigenvalue weighted by molar-refractivity contribution is 5.95. The second kappa shape index (κ2) is 6.32. The smallest absolute Gasteiger partial charge is 0.246 e. The van der Waals surface area contributed by atoms with Crippen molar-refractivity contribution in [3.8, 4) is 0 Å². The van der Waals surface area contributed by atoms with E-state index in [2.05, 4.69) is 17.1 Å². The van der Waals surface area contributed by atoms with Crippen LogP contribution in [0.3, 0.4) is 0 Å². The molecule has 120 valence electrons. The summed E-state index contributed by atoms with van der Waals surface area (Å²) in [4.78, 5) is 28.4. The number of hydrogen-bond donors (Lipinski definition) is 1. The van der Waals surface area contributed by atoms with Gasteiger partial charge in [0.1, 0.15) is 6.04 Å². The maximum atomic E-state index is 12.6. The highest BCUT2D eigenvalue weighted by atomic mass is 16.5. The van der Waals surface area contributed by atoms with Crippen molar-refractivity contribution < 1.29 is 14.3 Å². The molecule has 0 aliphatic carbocycles. The molecule has 2 unspecified atom stereocenters. The van der Waals surface area contributed by atoms with Crippen molar-refractivity contribution in [3.63, 3.8) is 0 Å². The number of nitrogens with zero attached hydrogens (tertiary/aromatic N) is 2. The molecule has 2 aliphatic heterocycles. The number of rotatable bonds is 3. The average molecular weight is 297 g/mol. The molecule has 0 aromatic heterocycles. The van der Waals surface area contributed by atoms with E-state index in [1.54, 1.807) is 4.90 Å². The van der Waals surface area contributed by atoms with Crippen LogP contribution in [0.15, 0.2) is 0 Å². The molecule has 1 N–H and O–H groups in total. The van der Waals surface area contributed by atoms with Gasteiger partial charge in [-0.15, -0.1) is 0 Å². The number of piperazine rings is 1. The van der Waals surface area contributed by atoms with E-state index in [9.17, 15) is 9.59 Å². The third-order valence-electron chi connectivity index (χ3n) is 4.16. The zero-order chi connectivity index (χ0) is 15.6. The van der Waals surface area contributed by atoms with Gasteiger partial charge in [0.15, 0.2) is 0 Å². The van der Waals surface area contributed by atoms with Crippen LogP contribution in [0, 0.1) is 5.41 Å². The molecular weight excluding hydrogens is 270 g/mol. The van der Waals surface area contributed by atoms with E-state index in [1.165, 1.54) is 0 Å². The number of morpholine rings is 1. The summed E-state index contributed by atoms with van der Waals surface area (Å²) in [6.45, 7) is 12.1. The lowest BCUT2D eigenvalue weighted by atomic mass is 9.84. The van der Waals surface area contributed by atoms with Gasteiger partial charge in [-0.05, 0) is 12.0 Å². The Bertz CT molecular complexity index is 405. The minimum atomic E-state index is -0.454. The van der Waals surface area contributed by atoms with E-state index >= 15 is 0 Å². The summed E-state index contributed by atoms with van der Waals surface area (Å²) in [7, 11) is 0. The van der Waals surface area contributed by atoms with Crippen LogP contribution in [0.1, 0.15) is 27.7 Å². The summed E-state index contributed by atoms with van der Waals surface area (Å²) in [6.07, 6.45) is -0.00540. The molecule has 21 heavy (non-hydrogen) atoms.